The minimum absolute atomic E-state index is 0.399. The molecule has 2 saturated heterocycles. The quantitative estimate of drug-likeness (QED) is 0.781. The third kappa shape index (κ3) is 4.48. The molecule has 1 unspecified atom stereocenters. The lowest BCUT2D eigenvalue weighted by Gasteiger charge is -2.35. The molecule has 0 aromatic rings. The summed E-state index contributed by atoms with van der Waals surface area (Å²) in [5.74, 6) is 0.399. The van der Waals surface area contributed by atoms with Gasteiger partial charge in [0.25, 0.3) is 0 Å². The Bertz CT molecular complexity index is 272. The van der Waals surface area contributed by atoms with Crippen molar-refractivity contribution in [3.63, 3.8) is 0 Å². The van der Waals surface area contributed by atoms with Crippen LogP contribution in [0.25, 0.3) is 0 Å². The fourth-order valence-electron chi connectivity index (χ4n) is 3.51. The van der Waals surface area contributed by atoms with E-state index in [1.54, 1.807) is 0 Å². The van der Waals surface area contributed by atoms with E-state index in [0.717, 1.165) is 25.9 Å². The van der Waals surface area contributed by atoms with Crippen molar-refractivity contribution in [3.05, 3.63) is 0 Å². The molecule has 3 nitrogen and oxygen atoms in total. The Morgan fingerprint density at radius 1 is 1.00 bits per heavy atom. The van der Waals surface area contributed by atoms with E-state index in [2.05, 4.69) is 16.7 Å². The normalized spacial score (nSPS) is 26.2. The van der Waals surface area contributed by atoms with Gasteiger partial charge < -0.3 is 9.80 Å². The lowest BCUT2D eigenvalue weighted by Crippen LogP contribution is -2.44. The summed E-state index contributed by atoms with van der Waals surface area (Å²) in [6.45, 7) is 6.59. The second-order valence-corrected chi connectivity index (χ2v) is 6.15. The van der Waals surface area contributed by atoms with Crippen LogP contribution in [0, 0.1) is 0 Å². The van der Waals surface area contributed by atoms with E-state index < -0.39 is 0 Å². The van der Waals surface area contributed by atoms with Crippen molar-refractivity contribution in [2.45, 2.75) is 70.8 Å². The molecule has 0 radical (unpaired) electrons. The molecular formula is C16H30N2O. The number of piperidine rings is 1. The molecule has 2 aliphatic heterocycles. The highest BCUT2D eigenvalue weighted by atomic mass is 16.2. The summed E-state index contributed by atoms with van der Waals surface area (Å²) in [6.07, 6.45) is 10.9. The molecule has 0 bridgehead atoms. The molecule has 0 aromatic heterocycles. The lowest BCUT2D eigenvalue weighted by molar-refractivity contribution is -0.135. The van der Waals surface area contributed by atoms with E-state index in [0.29, 0.717) is 11.9 Å². The van der Waals surface area contributed by atoms with Gasteiger partial charge in [0.1, 0.15) is 0 Å². The van der Waals surface area contributed by atoms with Gasteiger partial charge in [-0.05, 0) is 51.6 Å². The summed E-state index contributed by atoms with van der Waals surface area (Å²) in [5.41, 5.74) is 0. The molecule has 19 heavy (non-hydrogen) atoms. The Labute approximate surface area is 118 Å². The van der Waals surface area contributed by atoms with Gasteiger partial charge >= 0.3 is 0 Å². The first-order chi connectivity index (χ1) is 9.31. The molecule has 0 N–H and O–H groups in total. The molecule has 2 aliphatic rings. The van der Waals surface area contributed by atoms with Crippen molar-refractivity contribution in [2.24, 2.45) is 0 Å². The standard InChI is InChI=1S/C16H30N2O/c1-2-15-9-5-8-13-18(15)16(19)10-14-17-11-6-3-4-7-12-17/h15H,2-14H2,1H3. The second-order valence-electron chi connectivity index (χ2n) is 6.15. The molecule has 2 rings (SSSR count). The number of hydrogen-bond donors (Lipinski definition) is 0. The van der Waals surface area contributed by atoms with Crippen molar-refractivity contribution < 1.29 is 4.79 Å². The van der Waals surface area contributed by atoms with Gasteiger partial charge in [0, 0.05) is 25.6 Å². The van der Waals surface area contributed by atoms with Crippen LogP contribution in [0.1, 0.15) is 64.7 Å². The number of rotatable bonds is 4. The Morgan fingerprint density at radius 3 is 2.37 bits per heavy atom. The molecule has 0 spiro atoms. The van der Waals surface area contributed by atoms with E-state index >= 15 is 0 Å². The van der Waals surface area contributed by atoms with E-state index in [-0.39, 0.29) is 0 Å². The van der Waals surface area contributed by atoms with Gasteiger partial charge in [-0.15, -0.1) is 0 Å². The maximum absolute atomic E-state index is 12.4. The van der Waals surface area contributed by atoms with E-state index in [1.165, 1.54) is 58.0 Å². The van der Waals surface area contributed by atoms with Crippen molar-refractivity contribution in [1.82, 2.24) is 9.80 Å². The minimum Gasteiger partial charge on any atom is -0.340 e. The van der Waals surface area contributed by atoms with Crippen LogP contribution in [0.2, 0.25) is 0 Å². The monoisotopic (exact) mass is 266 g/mol. The van der Waals surface area contributed by atoms with Crippen molar-refractivity contribution in [3.8, 4) is 0 Å². The number of nitrogens with zero attached hydrogens (tertiary/aromatic N) is 2. The topological polar surface area (TPSA) is 23.6 Å². The van der Waals surface area contributed by atoms with Gasteiger partial charge in [-0.25, -0.2) is 0 Å². The van der Waals surface area contributed by atoms with E-state index in [4.69, 9.17) is 0 Å². The van der Waals surface area contributed by atoms with Crippen molar-refractivity contribution >= 4 is 5.91 Å². The van der Waals surface area contributed by atoms with Gasteiger partial charge in [-0.1, -0.05) is 19.8 Å². The first-order valence-corrected chi connectivity index (χ1v) is 8.33. The highest BCUT2D eigenvalue weighted by Crippen LogP contribution is 2.20. The second kappa shape index (κ2) is 7.88. The lowest BCUT2D eigenvalue weighted by atomic mass is 9.99. The summed E-state index contributed by atoms with van der Waals surface area (Å²) < 4.78 is 0. The fraction of sp³-hybridized carbons (Fsp3) is 0.938. The molecule has 3 heteroatoms. The first-order valence-electron chi connectivity index (χ1n) is 8.33. The summed E-state index contributed by atoms with van der Waals surface area (Å²) in [5, 5.41) is 0. The highest BCUT2D eigenvalue weighted by molar-refractivity contribution is 5.76. The van der Waals surface area contributed by atoms with Gasteiger partial charge in [-0.3, -0.25) is 4.79 Å². The highest BCUT2D eigenvalue weighted by Gasteiger charge is 2.25. The smallest absolute Gasteiger partial charge is 0.224 e. The van der Waals surface area contributed by atoms with Gasteiger partial charge in [-0.2, -0.15) is 0 Å². The number of carbonyl (C=O) groups excluding carboxylic acids is 1. The minimum atomic E-state index is 0.399. The maximum atomic E-state index is 12.4. The number of carbonyl (C=O) groups is 1. The SMILES string of the molecule is CCC1CCCCN1C(=O)CCN1CCCCCC1. The molecule has 1 atom stereocenters. The van der Waals surface area contributed by atoms with Gasteiger partial charge in [0.2, 0.25) is 5.91 Å². The molecular weight excluding hydrogens is 236 g/mol. The Morgan fingerprint density at radius 2 is 1.68 bits per heavy atom. The summed E-state index contributed by atoms with van der Waals surface area (Å²) in [6, 6.07) is 0.519. The summed E-state index contributed by atoms with van der Waals surface area (Å²) in [4.78, 5) is 17.1. The maximum Gasteiger partial charge on any atom is 0.224 e. The average molecular weight is 266 g/mol. The van der Waals surface area contributed by atoms with E-state index in [1.807, 2.05) is 0 Å². The predicted octanol–water partition coefficient (Wildman–Crippen LogP) is 3.04. The van der Waals surface area contributed by atoms with Gasteiger partial charge in [0.05, 0.1) is 0 Å². The Kier molecular flexibility index (Phi) is 6.15. The van der Waals surface area contributed by atoms with Crippen LogP contribution in [0.3, 0.4) is 0 Å². The van der Waals surface area contributed by atoms with Crippen LogP contribution in [0.15, 0.2) is 0 Å². The molecule has 2 fully saturated rings. The largest absolute Gasteiger partial charge is 0.340 e. The molecule has 2 heterocycles. The van der Waals surface area contributed by atoms with Crippen LogP contribution < -0.4 is 0 Å². The zero-order chi connectivity index (χ0) is 13.5. The van der Waals surface area contributed by atoms with Crippen LogP contribution in [0.5, 0.6) is 0 Å². The fourth-order valence-corrected chi connectivity index (χ4v) is 3.51. The Balaban J connectivity index is 1.76. The zero-order valence-electron chi connectivity index (χ0n) is 12.6. The van der Waals surface area contributed by atoms with Crippen LogP contribution in [0.4, 0.5) is 0 Å². The molecule has 1 amide bonds. The summed E-state index contributed by atoms with van der Waals surface area (Å²) >= 11 is 0. The average Bonchev–Trinajstić information content (AvgIpc) is 2.73. The van der Waals surface area contributed by atoms with E-state index in [9.17, 15) is 4.79 Å². The van der Waals surface area contributed by atoms with Crippen LogP contribution >= 0.6 is 0 Å². The van der Waals surface area contributed by atoms with Crippen LogP contribution in [-0.2, 0) is 4.79 Å². The molecule has 110 valence electrons. The number of hydrogen-bond acceptors (Lipinski definition) is 2. The third-order valence-electron chi connectivity index (χ3n) is 4.76. The molecule has 0 aromatic carbocycles. The zero-order valence-corrected chi connectivity index (χ0v) is 12.6. The Hall–Kier alpha value is -0.570. The third-order valence-corrected chi connectivity index (χ3v) is 4.76. The van der Waals surface area contributed by atoms with Crippen molar-refractivity contribution in [2.75, 3.05) is 26.2 Å². The predicted molar refractivity (Wildman–Crippen MR) is 79.2 cm³/mol. The van der Waals surface area contributed by atoms with Crippen molar-refractivity contribution in [1.29, 1.82) is 0 Å². The molecule has 0 aliphatic carbocycles. The number of amides is 1. The van der Waals surface area contributed by atoms with Gasteiger partial charge in [0.15, 0.2) is 0 Å². The first kappa shape index (κ1) is 14.8. The number of likely N-dealkylation sites (tertiary alicyclic amines) is 2. The van der Waals surface area contributed by atoms with Crippen LogP contribution in [-0.4, -0.2) is 47.9 Å². The summed E-state index contributed by atoms with van der Waals surface area (Å²) in [7, 11) is 0. The molecule has 0 saturated carbocycles.